The highest BCUT2D eigenvalue weighted by Gasteiger charge is 2.30. The van der Waals surface area contributed by atoms with Gasteiger partial charge in [0.05, 0.1) is 23.5 Å². The smallest absolute Gasteiger partial charge is 0.386 e. The molecule has 1 aromatic rings. The van der Waals surface area contributed by atoms with Crippen molar-refractivity contribution in [2.45, 2.75) is 24.5 Å². The van der Waals surface area contributed by atoms with Crippen molar-refractivity contribution >= 4 is 10.0 Å². The number of hydrogen-bond acceptors (Lipinski definition) is 4. The number of halogens is 3. The number of sulfonamides is 1. The molecule has 22 heavy (non-hydrogen) atoms. The Labute approximate surface area is 127 Å². The minimum Gasteiger partial charge on any atom is -0.386 e. The van der Waals surface area contributed by atoms with Gasteiger partial charge in [0.1, 0.15) is 0 Å². The van der Waals surface area contributed by atoms with Crippen LogP contribution in [0.1, 0.15) is 18.1 Å². The molecular formula is C13H18F3NO4S. The monoisotopic (exact) mass is 341 g/mol. The van der Waals surface area contributed by atoms with Gasteiger partial charge in [0.15, 0.2) is 0 Å². The highest BCUT2D eigenvalue weighted by atomic mass is 32.2. The molecule has 0 fully saturated rings. The van der Waals surface area contributed by atoms with E-state index in [1.54, 1.807) is 0 Å². The van der Waals surface area contributed by atoms with Gasteiger partial charge in [0, 0.05) is 13.7 Å². The number of rotatable bonds is 7. The van der Waals surface area contributed by atoms with E-state index in [-0.39, 0.29) is 18.7 Å². The lowest BCUT2D eigenvalue weighted by Gasteiger charge is -2.22. The number of hydrogen-bond donors (Lipinski definition) is 2. The fourth-order valence-electron chi connectivity index (χ4n) is 1.69. The minimum absolute atomic E-state index is 0.0597. The summed E-state index contributed by atoms with van der Waals surface area (Å²) < 4.78 is 67.9. The van der Waals surface area contributed by atoms with Crippen LogP contribution >= 0.6 is 0 Å². The molecule has 0 heterocycles. The van der Waals surface area contributed by atoms with Gasteiger partial charge in [-0.05, 0) is 24.6 Å². The predicted octanol–water partition coefficient (Wildman–Crippen LogP) is 1.52. The van der Waals surface area contributed by atoms with Crippen LogP contribution in [0.25, 0.3) is 0 Å². The third-order valence-corrected chi connectivity index (χ3v) is 4.06. The van der Waals surface area contributed by atoms with E-state index in [4.69, 9.17) is 4.74 Å². The lowest BCUT2D eigenvalue weighted by Crippen LogP contribution is -2.44. The summed E-state index contributed by atoms with van der Waals surface area (Å²) >= 11 is 0. The molecule has 0 saturated carbocycles. The maximum Gasteiger partial charge on any atom is 0.416 e. The van der Waals surface area contributed by atoms with E-state index in [0.29, 0.717) is 0 Å². The quantitative estimate of drug-likeness (QED) is 0.788. The molecule has 9 heteroatoms. The van der Waals surface area contributed by atoms with E-state index in [1.165, 1.54) is 14.0 Å². The molecule has 0 saturated heterocycles. The number of ether oxygens (including phenoxy) is 1. The molecule has 0 spiro atoms. The average Bonchev–Trinajstić information content (AvgIpc) is 2.36. The van der Waals surface area contributed by atoms with Crippen molar-refractivity contribution in [3.05, 3.63) is 35.4 Å². The highest BCUT2D eigenvalue weighted by Crippen LogP contribution is 2.29. The zero-order valence-corrected chi connectivity index (χ0v) is 13.0. The Hall–Kier alpha value is -1.16. The van der Waals surface area contributed by atoms with E-state index in [1.807, 2.05) is 0 Å². The number of aliphatic hydroxyl groups is 1. The van der Waals surface area contributed by atoms with Crippen LogP contribution in [0.5, 0.6) is 0 Å². The number of alkyl halides is 3. The van der Waals surface area contributed by atoms with Crippen molar-refractivity contribution in [2.75, 3.05) is 20.3 Å². The summed E-state index contributed by atoms with van der Waals surface area (Å²) in [7, 11) is -2.42. The summed E-state index contributed by atoms with van der Waals surface area (Å²) in [6.07, 6.45) is -4.46. The first-order chi connectivity index (χ1) is 9.95. The van der Waals surface area contributed by atoms with E-state index in [0.717, 1.165) is 24.3 Å². The lowest BCUT2D eigenvalue weighted by molar-refractivity contribution is -0.137. The Balaban J connectivity index is 2.69. The molecule has 1 atom stereocenters. The standard InChI is InChI=1S/C13H18F3NO4S/c1-12(18,9-21-2)8-17-22(19,20)7-10-3-5-11(6-4-10)13(14,15)16/h3-6,17-18H,7-9H2,1-2H3/t12-/m1/s1. The van der Waals surface area contributed by atoms with Gasteiger partial charge in [-0.1, -0.05) is 12.1 Å². The van der Waals surface area contributed by atoms with E-state index in [9.17, 15) is 26.7 Å². The molecule has 126 valence electrons. The third-order valence-electron chi connectivity index (χ3n) is 2.77. The largest absolute Gasteiger partial charge is 0.416 e. The van der Waals surface area contributed by atoms with Gasteiger partial charge in [0.25, 0.3) is 0 Å². The second kappa shape index (κ2) is 6.95. The first kappa shape index (κ1) is 18.9. The van der Waals surface area contributed by atoms with E-state index in [2.05, 4.69) is 4.72 Å². The maximum absolute atomic E-state index is 12.4. The van der Waals surface area contributed by atoms with Gasteiger partial charge >= 0.3 is 6.18 Å². The molecule has 0 amide bonds. The summed E-state index contributed by atoms with van der Waals surface area (Å²) in [4.78, 5) is 0. The van der Waals surface area contributed by atoms with Crippen molar-refractivity contribution < 1.29 is 31.4 Å². The van der Waals surface area contributed by atoms with Crippen LogP contribution < -0.4 is 4.72 Å². The Morgan fingerprint density at radius 1 is 1.23 bits per heavy atom. The molecule has 2 N–H and O–H groups in total. The number of benzene rings is 1. The van der Waals surface area contributed by atoms with Gasteiger partial charge in [-0.25, -0.2) is 13.1 Å². The van der Waals surface area contributed by atoms with Gasteiger partial charge in [-0.2, -0.15) is 13.2 Å². The average molecular weight is 341 g/mol. The van der Waals surface area contributed by atoms with Crippen LogP contribution in [-0.4, -0.2) is 39.4 Å². The molecule has 0 aliphatic rings. The molecule has 0 aliphatic carbocycles. The summed E-state index contributed by atoms with van der Waals surface area (Å²) in [5.41, 5.74) is -2.00. The topological polar surface area (TPSA) is 75.6 Å². The molecule has 0 bridgehead atoms. The molecule has 1 aromatic carbocycles. The molecule has 0 aromatic heterocycles. The van der Waals surface area contributed by atoms with Crippen molar-refractivity contribution in [3.8, 4) is 0 Å². The summed E-state index contributed by atoms with van der Waals surface area (Å²) in [5, 5.41) is 9.79. The first-order valence-electron chi connectivity index (χ1n) is 6.30. The Bertz CT molecular complexity index is 582. The number of nitrogens with one attached hydrogen (secondary N) is 1. The second-order valence-corrected chi connectivity index (χ2v) is 7.01. The second-order valence-electron chi connectivity index (χ2n) is 5.20. The Morgan fingerprint density at radius 2 is 1.77 bits per heavy atom. The molecule has 0 aliphatic heterocycles. The minimum atomic E-state index is -4.46. The van der Waals surface area contributed by atoms with Gasteiger partial charge < -0.3 is 9.84 Å². The van der Waals surface area contributed by atoms with E-state index < -0.39 is 33.1 Å². The zero-order chi connectivity index (χ0) is 17.0. The van der Waals surface area contributed by atoms with E-state index >= 15 is 0 Å². The normalized spacial score (nSPS) is 15.5. The van der Waals surface area contributed by atoms with Crippen molar-refractivity contribution in [2.24, 2.45) is 0 Å². The highest BCUT2D eigenvalue weighted by molar-refractivity contribution is 7.88. The van der Waals surface area contributed by atoms with Crippen molar-refractivity contribution in [3.63, 3.8) is 0 Å². The summed E-state index contributed by atoms with van der Waals surface area (Å²) in [6, 6.07) is 3.86. The molecule has 0 unspecified atom stereocenters. The maximum atomic E-state index is 12.4. The molecule has 5 nitrogen and oxygen atoms in total. The Kier molecular flexibility index (Phi) is 5.96. The van der Waals surface area contributed by atoms with Crippen molar-refractivity contribution in [1.29, 1.82) is 0 Å². The molecule has 0 radical (unpaired) electrons. The van der Waals surface area contributed by atoms with Crippen LogP contribution in [0.4, 0.5) is 13.2 Å². The van der Waals surface area contributed by atoms with Gasteiger partial charge in [-0.3, -0.25) is 0 Å². The van der Waals surface area contributed by atoms with Crippen molar-refractivity contribution in [1.82, 2.24) is 4.72 Å². The molecular weight excluding hydrogens is 323 g/mol. The van der Waals surface area contributed by atoms with Gasteiger partial charge in [0.2, 0.25) is 10.0 Å². The summed E-state index contributed by atoms with van der Waals surface area (Å²) in [5.74, 6) is -0.478. The molecule has 1 rings (SSSR count). The summed E-state index contributed by atoms with van der Waals surface area (Å²) in [6.45, 7) is 1.08. The fraction of sp³-hybridized carbons (Fsp3) is 0.538. The SMILES string of the molecule is COC[C@](C)(O)CNS(=O)(=O)Cc1ccc(C(F)(F)F)cc1. The lowest BCUT2D eigenvalue weighted by atomic mass is 10.1. The zero-order valence-electron chi connectivity index (χ0n) is 12.1. The fourth-order valence-corrected chi connectivity index (χ4v) is 2.95. The van der Waals surface area contributed by atoms with Crippen LogP contribution in [0, 0.1) is 0 Å². The Morgan fingerprint density at radius 3 is 2.23 bits per heavy atom. The predicted molar refractivity (Wildman–Crippen MR) is 74.6 cm³/mol. The third kappa shape index (κ3) is 6.30. The number of methoxy groups -OCH3 is 1. The van der Waals surface area contributed by atoms with Gasteiger partial charge in [-0.15, -0.1) is 0 Å². The first-order valence-corrected chi connectivity index (χ1v) is 7.95. The van der Waals surface area contributed by atoms with Crippen LogP contribution in [-0.2, 0) is 26.7 Å². The van der Waals surface area contributed by atoms with Crippen LogP contribution in [0.15, 0.2) is 24.3 Å². The van der Waals surface area contributed by atoms with Crippen LogP contribution in [0.3, 0.4) is 0 Å². The van der Waals surface area contributed by atoms with Crippen LogP contribution in [0.2, 0.25) is 0 Å².